The molecule has 1 aliphatic rings. The van der Waals surface area contributed by atoms with Crippen molar-refractivity contribution in [1.29, 1.82) is 0 Å². The molecule has 0 radical (unpaired) electrons. The Labute approximate surface area is 227 Å². The lowest BCUT2D eigenvalue weighted by Crippen LogP contribution is -2.26. The van der Waals surface area contributed by atoms with E-state index in [1.807, 2.05) is 12.1 Å². The molecule has 0 atom stereocenters. The third-order valence-electron chi connectivity index (χ3n) is 6.32. The molecule has 2 N–H and O–H groups in total. The van der Waals surface area contributed by atoms with Gasteiger partial charge in [-0.05, 0) is 66.3 Å². The minimum absolute atomic E-state index is 0.0421. The molecular weight excluding hydrogens is 527 g/mol. The molecule has 0 spiro atoms. The van der Waals surface area contributed by atoms with E-state index in [1.54, 1.807) is 6.07 Å². The van der Waals surface area contributed by atoms with Gasteiger partial charge in [-0.1, -0.05) is 42.5 Å². The molecular formula is C30H24F3NO6. The standard InChI is InChI=1S/C30H24F3NO6/c31-30(32,33)40-24-6-2-5-23(16-24)26(35)17-25(22-12-7-18-3-1-4-21(18)15-22)28(38)19-8-10-20(11-9-19)29(39)34-14-13-27(36)37/h2,5-12,15-17H,1,3-4,13-14H2,(H,34,39)(H,36,37)/b25-17-. The fourth-order valence-electron chi connectivity index (χ4n) is 4.39. The molecule has 0 aromatic heterocycles. The summed E-state index contributed by atoms with van der Waals surface area (Å²) < 4.78 is 41.9. The summed E-state index contributed by atoms with van der Waals surface area (Å²) in [4.78, 5) is 49.7. The lowest BCUT2D eigenvalue weighted by Gasteiger charge is -2.11. The number of allylic oxidation sites excluding steroid dienone is 2. The summed E-state index contributed by atoms with van der Waals surface area (Å²) in [6.07, 6.45) is -1.38. The molecule has 0 fully saturated rings. The summed E-state index contributed by atoms with van der Waals surface area (Å²) in [7, 11) is 0. The van der Waals surface area contributed by atoms with Gasteiger partial charge in [-0.25, -0.2) is 0 Å². The highest BCUT2D eigenvalue weighted by Crippen LogP contribution is 2.29. The molecule has 206 valence electrons. The van der Waals surface area contributed by atoms with Crippen LogP contribution >= 0.6 is 0 Å². The van der Waals surface area contributed by atoms with Gasteiger partial charge in [0.25, 0.3) is 5.91 Å². The molecule has 1 aliphatic carbocycles. The van der Waals surface area contributed by atoms with Gasteiger partial charge >= 0.3 is 12.3 Å². The second-order valence-electron chi connectivity index (χ2n) is 9.14. The van der Waals surface area contributed by atoms with E-state index in [4.69, 9.17) is 5.11 Å². The summed E-state index contributed by atoms with van der Waals surface area (Å²) in [5.74, 6) is -3.33. The SMILES string of the molecule is O=C(O)CCNC(=O)c1ccc(C(=O)/C(=C\C(=O)c2cccc(OC(F)(F)F)c2)c2ccc3c(c2)CCC3)cc1. The molecule has 7 nitrogen and oxygen atoms in total. The Hall–Kier alpha value is -4.73. The van der Waals surface area contributed by atoms with Crippen molar-refractivity contribution in [2.75, 3.05) is 6.54 Å². The van der Waals surface area contributed by atoms with Crippen molar-refractivity contribution < 1.29 is 42.2 Å². The van der Waals surface area contributed by atoms with Gasteiger partial charge in [-0.3, -0.25) is 19.2 Å². The number of carboxylic acid groups (broad SMARTS) is 1. The highest BCUT2D eigenvalue weighted by Gasteiger charge is 2.31. The number of aryl methyl sites for hydroxylation is 2. The van der Waals surface area contributed by atoms with Crippen molar-refractivity contribution in [3.63, 3.8) is 0 Å². The fourth-order valence-corrected chi connectivity index (χ4v) is 4.39. The van der Waals surface area contributed by atoms with Crippen LogP contribution in [0.5, 0.6) is 5.75 Å². The number of benzene rings is 3. The minimum atomic E-state index is -4.93. The number of carboxylic acids is 1. The molecule has 1 amide bonds. The zero-order valence-corrected chi connectivity index (χ0v) is 21.1. The number of hydrogen-bond donors (Lipinski definition) is 2. The summed E-state index contributed by atoms with van der Waals surface area (Å²) >= 11 is 0. The molecule has 40 heavy (non-hydrogen) atoms. The zero-order chi connectivity index (χ0) is 28.9. The van der Waals surface area contributed by atoms with E-state index in [0.29, 0.717) is 5.56 Å². The monoisotopic (exact) mass is 551 g/mol. The molecule has 3 aromatic rings. The van der Waals surface area contributed by atoms with Gasteiger partial charge in [0.15, 0.2) is 11.6 Å². The molecule has 0 saturated heterocycles. The van der Waals surface area contributed by atoms with Gasteiger partial charge in [0.1, 0.15) is 5.75 Å². The number of aliphatic carboxylic acids is 1. The Bertz CT molecular complexity index is 1490. The van der Waals surface area contributed by atoms with E-state index < -0.39 is 35.6 Å². The molecule has 0 bridgehead atoms. The van der Waals surface area contributed by atoms with Crippen LogP contribution in [-0.4, -0.2) is 41.5 Å². The Morgan fingerprint density at radius 2 is 1.52 bits per heavy atom. The summed E-state index contributed by atoms with van der Waals surface area (Å²) in [5.41, 5.74) is 3.02. The van der Waals surface area contributed by atoms with E-state index in [1.165, 1.54) is 36.4 Å². The normalized spacial score (nSPS) is 12.9. The van der Waals surface area contributed by atoms with Crippen LogP contribution < -0.4 is 10.1 Å². The number of fused-ring (bicyclic) bond motifs is 1. The van der Waals surface area contributed by atoms with Gasteiger partial charge in [0, 0.05) is 28.8 Å². The van der Waals surface area contributed by atoms with E-state index in [2.05, 4.69) is 10.1 Å². The van der Waals surface area contributed by atoms with E-state index >= 15 is 0 Å². The van der Waals surface area contributed by atoms with Crippen molar-refractivity contribution in [3.8, 4) is 5.75 Å². The second kappa shape index (κ2) is 12.0. The average molecular weight is 552 g/mol. The number of ether oxygens (including phenoxy) is 1. The number of carbonyl (C=O) groups excluding carboxylic acids is 3. The van der Waals surface area contributed by atoms with Gasteiger partial charge in [0.2, 0.25) is 0 Å². The van der Waals surface area contributed by atoms with Crippen molar-refractivity contribution in [1.82, 2.24) is 5.32 Å². The lowest BCUT2D eigenvalue weighted by molar-refractivity contribution is -0.274. The Balaban J connectivity index is 1.65. The van der Waals surface area contributed by atoms with Gasteiger partial charge in [-0.2, -0.15) is 0 Å². The predicted octanol–water partition coefficient (Wildman–Crippen LogP) is 5.43. The van der Waals surface area contributed by atoms with Crippen LogP contribution in [0.2, 0.25) is 0 Å². The molecule has 3 aromatic carbocycles. The van der Waals surface area contributed by atoms with Crippen LogP contribution in [0.25, 0.3) is 5.57 Å². The number of ketones is 2. The van der Waals surface area contributed by atoms with E-state index in [9.17, 15) is 32.3 Å². The van der Waals surface area contributed by atoms with Crippen LogP contribution in [0.15, 0.2) is 72.8 Å². The van der Waals surface area contributed by atoms with E-state index in [0.717, 1.165) is 48.6 Å². The second-order valence-corrected chi connectivity index (χ2v) is 9.14. The summed E-state index contributed by atoms with van der Waals surface area (Å²) in [6, 6.07) is 15.7. The summed E-state index contributed by atoms with van der Waals surface area (Å²) in [6.45, 7) is -0.0581. The first-order valence-corrected chi connectivity index (χ1v) is 12.4. The maximum atomic E-state index is 13.6. The fraction of sp³-hybridized carbons (Fsp3) is 0.200. The first kappa shape index (κ1) is 28.3. The third-order valence-corrected chi connectivity index (χ3v) is 6.32. The van der Waals surface area contributed by atoms with E-state index in [-0.39, 0.29) is 35.2 Å². The van der Waals surface area contributed by atoms with Crippen molar-refractivity contribution in [2.24, 2.45) is 0 Å². The number of amides is 1. The number of halogens is 3. The maximum absolute atomic E-state index is 13.6. The van der Waals surface area contributed by atoms with Gasteiger partial charge in [0.05, 0.1) is 6.42 Å². The smallest absolute Gasteiger partial charge is 0.481 e. The lowest BCUT2D eigenvalue weighted by atomic mass is 9.92. The molecule has 0 heterocycles. The highest BCUT2D eigenvalue weighted by atomic mass is 19.4. The predicted molar refractivity (Wildman–Crippen MR) is 139 cm³/mol. The number of hydrogen-bond acceptors (Lipinski definition) is 5. The molecule has 10 heteroatoms. The summed E-state index contributed by atoms with van der Waals surface area (Å²) in [5, 5.41) is 11.2. The average Bonchev–Trinajstić information content (AvgIpc) is 3.38. The zero-order valence-electron chi connectivity index (χ0n) is 21.1. The quantitative estimate of drug-likeness (QED) is 0.257. The number of nitrogens with one attached hydrogen (secondary N) is 1. The number of carbonyl (C=O) groups is 4. The van der Waals surface area contributed by atoms with Crippen LogP contribution in [0.1, 0.15) is 60.6 Å². The molecule has 0 saturated carbocycles. The topological polar surface area (TPSA) is 110 Å². The van der Waals surface area contributed by atoms with Gasteiger partial charge in [-0.15, -0.1) is 13.2 Å². The van der Waals surface area contributed by atoms with Crippen molar-refractivity contribution in [2.45, 2.75) is 32.0 Å². The number of alkyl halides is 3. The molecule has 4 rings (SSSR count). The highest BCUT2D eigenvalue weighted by molar-refractivity contribution is 6.32. The van der Waals surface area contributed by atoms with Crippen LogP contribution in [0.3, 0.4) is 0 Å². The van der Waals surface area contributed by atoms with Crippen molar-refractivity contribution in [3.05, 3.63) is 106 Å². The Kier molecular flexibility index (Phi) is 8.47. The molecule has 0 unspecified atom stereocenters. The number of rotatable bonds is 10. The van der Waals surface area contributed by atoms with Crippen LogP contribution in [0, 0.1) is 0 Å². The van der Waals surface area contributed by atoms with Crippen LogP contribution in [0.4, 0.5) is 13.2 Å². The minimum Gasteiger partial charge on any atom is -0.481 e. The third kappa shape index (κ3) is 7.22. The first-order chi connectivity index (χ1) is 19.0. The maximum Gasteiger partial charge on any atom is 0.573 e. The Morgan fingerprint density at radius 1 is 0.850 bits per heavy atom. The first-order valence-electron chi connectivity index (χ1n) is 12.4. The van der Waals surface area contributed by atoms with Gasteiger partial charge < -0.3 is 15.2 Å². The largest absolute Gasteiger partial charge is 0.573 e. The number of Topliss-reactive ketones (excluding diaryl/α,β-unsaturated/α-hetero) is 1. The molecule has 0 aliphatic heterocycles. The van der Waals surface area contributed by atoms with Crippen molar-refractivity contribution >= 4 is 29.0 Å². The Morgan fingerprint density at radius 3 is 2.23 bits per heavy atom. The van der Waals surface area contributed by atoms with Crippen LogP contribution in [-0.2, 0) is 17.6 Å².